The molecule has 1 heteroatoms. The Balaban J connectivity index is 1.97. The molecule has 2 unspecified atom stereocenters. The number of benzene rings is 1. The second-order valence-corrected chi connectivity index (χ2v) is 7.04. The molecule has 0 spiro atoms. The summed E-state index contributed by atoms with van der Waals surface area (Å²) < 4.78 is 0. The third-order valence-corrected chi connectivity index (χ3v) is 4.88. The minimum atomic E-state index is 0.206. The molecule has 0 bridgehead atoms. The summed E-state index contributed by atoms with van der Waals surface area (Å²) in [5.74, 6) is 1.63. The first-order valence-corrected chi connectivity index (χ1v) is 7.79. The molecule has 0 aliphatic heterocycles. The van der Waals surface area contributed by atoms with Crippen molar-refractivity contribution in [2.75, 3.05) is 6.54 Å². The molecule has 0 heterocycles. The van der Waals surface area contributed by atoms with Gasteiger partial charge in [-0.2, -0.15) is 0 Å². The molecule has 19 heavy (non-hydrogen) atoms. The van der Waals surface area contributed by atoms with Crippen LogP contribution in [0.25, 0.3) is 0 Å². The van der Waals surface area contributed by atoms with Crippen molar-refractivity contribution in [1.29, 1.82) is 0 Å². The van der Waals surface area contributed by atoms with Gasteiger partial charge in [0, 0.05) is 18.0 Å². The van der Waals surface area contributed by atoms with E-state index < -0.39 is 0 Å². The minimum absolute atomic E-state index is 0.206. The van der Waals surface area contributed by atoms with E-state index in [1.54, 1.807) is 0 Å². The van der Waals surface area contributed by atoms with Crippen molar-refractivity contribution in [3.8, 4) is 0 Å². The summed E-state index contributed by atoms with van der Waals surface area (Å²) in [6, 6.07) is 11.6. The quantitative estimate of drug-likeness (QED) is 0.846. The van der Waals surface area contributed by atoms with E-state index in [1.165, 1.54) is 24.8 Å². The summed E-state index contributed by atoms with van der Waals surface area (Å²) in [6.07, 6.45) is 4.17. The fourth-order valence-electron chi connectivity index (χ4n) is 3.45. The second kappa shape index (κ2) is 6.09. The highest BCUT2D eigenvalue weighted by molar-refractivity contribution is 5.23. The van der Waals surface area contributed by atoms with E-state index in [2.05, 4.69) is 63.3 Å². The van der Waals surface area contributed by atoms with Crippen LogP contribution in [0.15, 0.2) is 30.3 Å². The number of nitrogens with one attached hydrogen (secondary N) is 1. The molecule has 1 N–H and O–H groups in total. The lowest BCUT2D eigenvalue weighted by Crippen LogP contribution is -2.47. The van der Waals surface area contributed by atoms with Gasteiger partial charge in [0.25, 0.3) is 0 Å². The zero-order valence-electron chi connectivity index (χ0n) is 12.9. The predicted molar refractivity (Wildman–Crippen MR) is 83.4 cm³/mol. The molecule has 1 saturated carbocycles. The average molecular weight is 259 g/mol. The highest BCUT2D eigenvalue weighted by atomic mass is 14.9. The number of hydrogen-bond acceptors (Lipinski definition) is 1. The molecule has 1 aliphatic carbocycles. The SMILES string of the molecule is CC1CCCC(C)C1NCC(C)(C)c1ccccc1. The Hall–Kier alpha value is -0.820. The van der Waals surface area contributed by atoms with Gasteiger partial charge in [-0.1, -0.05) is 64.4 Å². The van der Waals surface area contributed by atoms with Crippen LogP contribution in [0.5, 0.6) is 0 Å². The Morgan fingerprint density at radius 1 is 1.05 bits per heavy atom. The van der Waals surface area contributed by atoms with Gasteiger partial charge in [0.05, 0.1) is 0 Å². The van der Waals surface area contributed by atoms with Gasteiger partial charge in [0.1, 0.15) is 0 Å². The Bertz CT molecular complexity index is 372. The fourth-order valence-corrected chi connectivity index (χ4v) is 3.45. The summed E-state index contributed by atoms with van der Waals surface area (Å²) in [4.78, 5) is 0. The summed E-state index contributed by atoms with van der Waals surface area (Å²) in [6.45, 7) is 10.6. The van der Waals surface area contributed by atoms with Gasteiger partial charge in [-0.05, 0) is 30.2 Å². The minimum Gasteiger partial charge on any atom is -0.313 e. The number of hydrogen-bond donors (Lipinski definition) is 1. The van der Waals surface area contributed by atoms with E-state index >= 15 is 0 Å². The molecular weight excluding hydrogens is 230 g/mol. The molecule has 2 rings (SSSR count). The summed E-state index contributed by atoms with van der Waals surface area (Å²) in [7, 11) is 0. The standard InChI is InChI=1S/C18H29N/c1-14-9-8-10-15(2)17(14)19-13-18(3,4)16-11-6-5-7-12-16/h5-7,11-12,14-15,17,19H,8-10,13H2,1-4H3. The predicted octanol–water partition coefficient (Wildman–Crippen LogP) is 4.38. The van der Waals surface area contributed by atoms with Gasteiger partial charge in [-0.25, -0.2) is 0 Å². The molecule has 1 aromatic rings. The van der Waals surface area contributed by atoms with Crippen LogP contribution in [0, 0.1) is 11.8 Å². The smallest absolute Gasteiger partial charge is 0.0119 e. The molecule has 1 aromatic carbocycles. The zero-order chi connectivity index (χ0) is 13.9. The van der Waals surface area contributed by atoms with E-state index in [9.17, 15) is 0 Å². The fraction of sp³-hybridized carbons (Fsp3) is 0.667. The molecule has 0 amide bonds. The number of rotatable bonds is 4. The molecule has 0 aromatic heterocycles. The summed E-state index contributed by atoms with van der Waals surface area (Å²) in [5.41, 5.74) is 1.64. The van der Waals surface area contributed by atoms with Crippen LogP contribution in [-0.4, -0.2) is 12.6 Å². The third kappa shape index (κ3) is 3.60. The van der Waals surface area contributed by atoms with Crippen molar-refractivity contribution in [3.63, 3.8) is 0 Å². The van der Waals surface area contributed by atoms with Gasteiger partial charge < -0.3 is 5.32 Å². The second-order valence-electron chi connectivity index (χ2n) is 7.04. The lowest BCUT2D eigenvalue weighted by Gasteiger charge is -2.38. The van der Waals surface area contributed by atoms with E-state index in [4.69, 9.17) is 0 Å². The van der Waals surface area contributed by atoms with Crippen LogP contribution in [0.2, 0.25) is 0 Å². The van der Waals surface area contributed by atoms with Crippen LogP contribution < -0.4 is 5.32 Å². The summed E-state index contributed by atoms with van der Waals surface area (Å²) in [5, 5.41) is 3.86. The van der Waals surface area contributed by atoms with Crippen molar-refractivity contribution in [2.45, 2.75) is 58.4 Å². The first-order chi connectivity index (χ1) is 9.00. The molecule has 1 aliphatic rings. The van der Waals surface area contributed by atoms with E-state index in [-0.39, 0.29) is 5.41 Å². The lowest BCUT2D eigenvalue weighted by atomic mass is 9.77. The van der Waals surface area contributed by atoms with Crippen LogP contribution in [0.4, 0.5) is 0 Å². The first kappa shape index (κ1) is 14.6. The van der Waals surface area contributed by atoms with Gasteiger partial charge in [-0.15, -0.1) is 0 Å². The maximum absolute atomic E-state index is 3.86. The third-order valence-electron chi connectivity index (χ3n) is 4.88. The van der Waals surface area contributed by atoms with Crippen molar-refractivity contribution in [2.24, 2.45) is 11.8 Å². The Morgan fingerprint density at radius 3 is 2.21 bits per heavy atom. The van der Waals surface area contributed by atoms with Crippen LogP contribution >= 0.6 is 0 Å². The topological polar surface area (TPSA) is 12.0 Å². The largest absolute Gasteiger partial charge is 0.313 e. The highest BCUT2D eigenvalue weighted by Gasteiger charge is 2.29. The maximum Gasteiger partial charge on any atom is 0.0119 e. The van der Waals surface area contributed by atoms with Crippen LogP contribution in [0.1, 0.15) is 52.5 Å². The molecular formula is C18H29N. The van der Waals surface area contributed by atoms with Crippen LogP contribution in [-0.2, 0) is 5.41 Å². The van der Waals surface area contributed by atoms with Crippen molar-refractivity contribution in [1.82, 2.24) is 5.32 Å². The Labute approximate surface area is 118 Å². The Morgan fingerprint density at radius 2 is 1.63 bits per heavy atom. The first-order valence-electron chi connectivity index (χ1n) is 7.79. The maximum atomic E-state index is 3.86. The van der Waals surface area contributed by atoms with E-state index in [0.29, 0.717) is 6.04 Å². The highest BCUT2D eigenvalue weighted by Crippen LogP contribution is 2.30. The lowest BCUT2D eigenvalue weighted by molar-refractivity contribution is 0.200. The Kier molecular flexibility index (Phi) is 4.67. The average Bonchev–Trinajstić information content (AvgIpc) is 2.39. The molecule has 0 saturated heterocycles. The van der Waals surface area contributed by atoms with E-state index in [1.807, 2.05) is 0 Å². The molecule has 2 atom stereocenters. The van der Waals surface area contributed by atoms with Crippen LogP contribution in [0.3, 0.4) is 0 Å². The molecule has 106 valence electrons. The zero-order valence-corrected chi connectivity index (χ0v) is 12.9. The van der Waals surface area contributed by atoms with Gasteiger partial charge in [-0.3, -0.25) is 0 Å². The monoisotopic (exact) mass is 259 g/mol. The van der Waals surface area contributed by atoms with E-state index in [0.717, 1.165) is 18.4 Å². The van der Waals surface area contributed by atoms with Gasteiger partial charge in [0.2, 0.25) is 0 Å². The molecule has 1 fully saturated rings. The van der Waals surface area contributed by atoms with Gasteiger partial charge >= 0.3 is 0 Å². The van der Waals surface area contributed by atoms with Crippen molar-refractivity contribution in [3.05, 3.63) is 35.9 Å². The van der Waals surface area contributed by atoms with Gasteiger partial charge in [0.15, 0.2) is 0 Å². The van der Waals surface area contributed by atoms with Crippen molar-refractivity contribution >= 4 is 0 Å². The molecule has 0 radical (unpaired) electrons. The normalized spacial score (nSPS) is 28.3. The molecule has 1 nitrogen and oxygen atoms in total. The summed E-state index contributed by atoms with van der Waals surface area (Å²) >= 11 is 0. The van der Waals surface area contributed by atoms with Crippen molar-refractivity contribution < 1.29 is 0 Å².